The highest BCUT2D eigenvalue weighted by atomic mass is 16.5. The molecule has 0 aromatic heterocycles. The summed E-state index contributed by atoms with van der Waals surface area (Å²) in [5, 5.41) is 2.76. The van der Waals surface area contributed by atoms with Gasteiger partial charge in [0.2, 0.25) is 11.8 Å². The van der Waals surface area contributed by atoms with Crippen LogP contribution in [0.1, 0.15) is 40.5 Å². The monoisotopic (exact) mass is 418 g/mol. The number of nitrogens with one attached hydrogen (secondary N) is 1. The highest BCUT2D eigenvalue weighted by Gasteiger charge is 2.49. The summed E-state index contributed by atoms with van der Waals surface area (Å²) < 4.78 is 4.67. The van der Waals surface area contributed by atoms with Crippen LogP contribution in [-0.4, -0.2) is 30.8 Å². The summed E-state index contributed by atoms with van der Waals surface area (Å²) in [7, 11) is 1.30. The zero-order valence-electron chi connectivity index (χ0n) is 17.3. The van der Waals surface area contributed by atoms with Crippen LogP contribution in [-0.2, 0) is 14.3 Å². The van der Waals surface area contributed by atoms with Crippen molar-refractivity contribution in [3.63, 3.8) is 0 Å². The summed E-state index contributed by atoms with van der Waals surface area (Å²) in [6.07, 6.45) is 3.11. The molecule has 1 saturated heterocycles. The van der Waals surface area contributed by atoms with Gasteiger partial charge in [0, 0.05) is 5.69 Å². The Kier molecular flexibility index (Phi) is 5.42. The quantitative estimate of drug-likeness (QED) is 0.466. The lowest BCUT2D eigenvalue weighted by atomic mass is 9.82. The third-order valence-electron chi connectivity index (χ3n) is 5.78. The maximum atomic E-state index is 13.1. The van der Waals surface area contributed by atoms with Crippen LogP contribution in [0.5, 0.6) is 0 Å². The van der Waals surface area contributed by atoms with Gasteiger partial charge in [-0.2, -0.15) is 0 Å². The fourth-order valence-corrected chi connectivity index (χ4v) is 4.14. The Morgan fingerprint density at radius 1 is 1.00 bits per heavy atom. The molecule has 1 fully saturated rings. The summed E-state index contributed by atoms with van der Waals surface area (Å²) in [5.74, 6) is -2.20. The first kappa shape index (κ1) is 20.5. The molecule has 0 spiro atoms. The van der Waals surface area contributed by atoms with Gasteiger partial charge in [-0.05, 0) is 56.2 Å². The Labute approximate surface area is 179 Å². The molecule has 7 nitrogen and oxygen atoms in total. The molecule has 31 heavy (non-hydrogen) atoms. The van der Waals surface area contributed by atoms with Gasteiger partial charge in [0.25, 0.3) is 5.91 Å². The second-order valence-corrected chi connectivity index (χ2v) is 7.76. The van der Waals surface area contributed by atoms with Crippen LogP contribution in [0.15, 0.2) is 60.2 Å². The third kappa shape index (κ3) is 3.74. The van der Waals surface area contributed by atoms with E-state index in [1.807, 2.05) is 13.0 Å². The average Bonchev–Trinajstić information content (AvgIpc) is 3.03. The number of fused-ring (bicyclic) bond motifs is 1. The zero-order valence-corrected chi connectivity index (χ0v) is 17.3. The molecule has 0 saturated carbocycles. The second kappa shape index (κ2) is 8.18. The molecule has 1 aliphatic heterocycles. The lowest BCUT2D eigenvalue weighted by Crippen LogP contribution is -2.33. The Hall–Kier alpha value is -3.74. The van der Waals surface area contributed by atoms with E-state index in [1.54, 1.807) is 48.5 Å². The highest BCUT2D eigenvalue weighted by Crippen LogP contribution is 2.40. The normalized spacial score (nSPS) is 20.2. The van der Waals surface area contributed by atoms with Gasteiger partial charge in [-0.15, -0.1) is 0 Å². The van der Waals surface area contributed by atoms with Gasteiger partial charge in [0.05, 0.1) is 35.8 Å². The van der Waals surface area contributed by atoms with Gasteiger partial charge in [-0.1, -0.05) is 23.8 Å². The van der Waals surface area contributed by atoms with E-state index in [-0.39, 0.29) is 34.9 Å². The molecule has 2 aliphatic rings. The molecular weight excluding hydrogens is 396 g/mol. The van der Waals surface area contributed by atoms with Crippen LogP contribution < -0.4 is 10.2 Å². The standard InChI is InChI=1S/C24H22N2O5/c1-14-7-12-17-19(13-14)23(29)26(22(17)28)20-6-4-3-5-18(20)21(27)25-16-10-8-15(9-11-16)24(30)31-2/h3-11,17,19H,12-13H2,1-2H3,(H,25,27)/t17-,19+/m0/s1. The zero-order chi connectivity index (χ0) is 22.1. The maximum absolute atomic E-state index is 13.1. The fraction of sp³-hybridized carbons (Fsp3) is 0.250. The van der Waals surface area contributed by atoms with Crippen molar-refractivity contribution >= 4 is 35.1 Å². The lowest BCUT2D eigenvalue weighted by molar-refractivity contribution is -0.122. The van der Waals surface area contributed by atoms with Crippen LogP contribution >= 0.6 is 0 Å². The van der Waals surface area contributed by atoms with Crippen LogP contribution in [0.25, 0.3) is 0 Å². The number of nitrogens with zero attached hydrogens (tertiary/aromatic N) is 1. The van der Waals surface area contributed by atoms with Gasteiger partial charge in [0.1, 0.15) is 0 Å². The van der Waals surface area contributed by atoms with Gasteiger partial charge < -0.3 is 10.1 Å². The predicted molar refractivity (Wildman–Crippen MR) is 115 cm³/mol. The van der Waals surface area contributed by atoms with Crippen molar-refractivity contribution in [1.29, 1.82) is 0 Å². The Balaban J connectivity index is 1.59. The van der Waals surface area contributed by atoms with Crippen molar-refractivity contribution in [2.75, 3.05) is 17.3 Å². The predicted octanol–water partition coefficient (Wildman–Crippen LogP) is 3.57. The number of esters is 1. The van der Waals surface area contributed by atoms with Gasteiger partial charge in [-0.25, -0.2) is 9.69 Å². The van der Waals surface area contributed by atoms with Gasteiger partial charge in [0.15, 0.2) is 0 Å². The smallest absolute Gasteiger partial charge is 0.337 e. The number of methoxy groups -OCH3 is 1. The molecule has 0 bridgehead atoms. The number of benzene rings is 2. The molecule has 1 aliphatic carbocycles. The third-order valence-corrected chi connectivity index (χ3v) is 5.78. The lowest BCUT2D eigenvalue weighted by Gasteiger charge is -2.19. The molecule has 2 atom stereocenters. The molecule has 4 rings (SSSR count). The maximum Gasteiger partial charge on any atom is 0.337 e. The topological polar surface area (TPSA) is 92.8 Å². The SMILES string of the molecule is COC(=O)c1ccc(NC(=O)c2ccccc2N2C(=O)[C@H]3CC=C(C)C[C@H]3C2=O)cc1. The molecule has 3 amide bonds. The van der Waals surface area contributed by atoms with Crippen molar-refractivity contribution in [2.45, 2.75) is 19.8 Å². The number of amides is 3. The van der Waals surface area contributed by atoms with Crippen molar-refractivity contribution in [1.82, 2.24) is 0 Å². The van der Waals surface area contributed by atoms with E-state index in [9.17, 15) is 19.2 Å². The molecule has 2 aromatic carbocycles. The van der Waals surface area contributed by atoms with Gasteiger partial charge >= 0.3 is 5.97 Å². The average molecular weight is 418 g/mol. The van der Waals surface area contributed by atoms with Crippen LogP contribution in [0.3, 0.4) is 0 Å². The Morgan fingerprint density at radius 2 is 1.68 bits per heavy atom. The number of allylic oxidation sites excluding steroid dienone is 2. The fourth-order valence-electron chi connectivity index (χ4n) is 4.14. The van der Waals surface area contributed by atoms with E-state index in [0.29, 0.717) is 24.1 Å². The van der Waals surface area contributed by atoms with Crippen LogP contribution in [0.4, 0.5) is 11.4 Å². The summed E-state index contributed by atoms with van der Waals surface area (Å²) in [5.41, 5.74) is 2.45. The largest absolute Gasteiger partial charge is 0.465 e. The minimum absolute atomic E-state index is 0.226. The van der Waals surface area contributed by atoms with Crippen LogP contribution in [0, 0.1) is 11.8 Å². The number of rotatable bonds is 4. The van der Waals surface area contributed by atoms with Crippen molar-refractivity contribution < 1.29 is 23.9 Å². The summed E-state index contributed by atoms with van der Waals surface area (Å²) in [4.78, 5) is 51.8. The number of carbonyl (C=O) groups excluding carboxylic acids is 4. The molecule has 158 valence electrons. The van der Waals surface area contributed by atoms with Crippen molar-refractivity contribution in [3.05, 3.63) is 71.3 Å². The van der Waals surface area contributed by atoms with Crippen molar-refractivity contribution in [3.8, 4) is 0 Å². The molecule has 2 aromatic rings. The van der Waals surface area contributed by atoms with E-state index in [2.05, 4.69) is 10.1 Å². The molecule has 7 heteroatoms. The first-order valence-corrected chi connectivity index (χ1v) is 10.0. The first-order chi connectivity index (χ1) is 14.9. The van der Waals surface area contributed by atoms with Gasteiger partial charge in [-0.3, -0.25) is 14.4 Å². The number of hydrogen-bond donors (Lipinski definition) is 1. The van der Waals surface area contributed by atoms with E-state index in [4.69, 9.17) is 0 Å². The Bertz CT molecular complexity index is 1100. The Morgan fingerprint density at radius 3 is 2.39 bits per heavy atom. The molecule has 0 unspecified atom stereocenters. The number of para-hydroxylation sites is 1. The van der Waals surface area contributed by atoms with E-state index >= 15 is 0 Å². The van der Waals surface area contributed by atoms with E-state index < -0.39 is 11.9 Å². The van der Waals surface area contributed by atoms with E-state index in [0.717, 1.165) is 10.5 Å². The molecular formula is C24H22N2O5. The number of imide groups is 1. The number of anilines is 2. The van der Waals surface area contributed by atoms with E-state index in [1.165, 1.54) is 7.11 Å². The van der Waals surface area contributed by atoms with Crippen LogP contribution in [0.2, 0.25) is 0 Å². The summed E-state index contributed by atoms with van der Waals surface area (Å²) >= 11 is 0. The molecule has 1 N–H and O–H groups in total. The minimum atomic E-state index is -0.472. The summed E-state index contributed by atoms with van der Waals surface area (Å²) in [6.45, 7) is 1.96. The minimum Gasteiger partial charge on any atom is -0.465 e. The first-order valence-electron chi connectivity index (χ1n) is 10.0. The molecule has 0 radical (unpaired) electrons. The highest BCUT2D eigenvalue weighted by molar-refractivity contribution is 6.25. The number of ether oxygens (including phenoxy) is 1. The summed E-state index contributed by atoms with van der Waals surface area (Å²) in [6, 6.07) is 12.8. The molecule has 1 heterocycles. The second-order valence-electron chi connectivity index (χ2n) is 7.76. The van der Waals surface area contributed by atoms with Crippen molar-refractivity contribution in [2.24, 2.45) is 11.8 Å². The number of hydrogen-bond acceptors (Lipinski definition) is 5. The number of carbonyl (C=O) groups is 4.